The van der Waals surface area contributed by atoms with Crippen LogP contribution in [-0.4, -0.2) is 49.5 Å². The summed E-state index contributed by atoms with van der Waals surface area (Å²) in [4.78, 5) is 38.4. The molecule has 8 N–H and O–H groups in total. The van der Waals surface area contributed by atoms with Crippen LogP contribution in [0.15, 0.2) is 65.4 Å². The number of phenols is 1. The van der Waals surface area contributed by atoms with Gasteiger partial charge in [0.05, 0.1) is 11.6 Å². The van der Waals surface area contributed by atoms with Crippen molar-refractivity contribution in [1.29, 1.82) is 0 Å². The minimum absolute atomic E-state index is 0.0350. The molecule has 0 aromatic heterocycles. The Hall–Kier alpha value is -3.95. The van der Waals surface area contributed by atoms with Gasteiger partial charge < -0.3 is 31.9 Å². The van der Waals surface area contributed by atoms with E-state index in [0.29, 0.717) is 5.56 Å². The Bertz CT molecular complexity index is 1330. The average molecular weight is 462 g/mol. The minimum atomic E-state index is -2.74. The fourth-order valence-electron chi connectivity index (χ4n) is 5.77. The van der Waals surface area contributed by atoms with Gasteiger partial charge in [0, 0.05) is 23.3 Å². The van der Waals surface area contributed by atoms with Crippen molar-refractivity contribution in [3.63, 3.8) is 0 Å². The molecule has 0 radical (unpaired) electrons. The van der Waals surface area contributed by atoms with E-state index in [4.69, 9.17) is 11.5 Å². The number of carbonyl (C=O) groups is 3. The predicted octanol–water partition coefficient (Wildman–Crippen LogP) is 0.950. The van der Waals surface area contributed by atoms with Crippen molar-refractivity contribution >= 4 is 23.2 Å². The first-order valence-corrected chi connectivity index (χ1v) is 10.7. The van der Waals surface area contributed by atoms with Gasteiger partial charge in [-0.3, -0.25) is 14.4 Å². The molecule has 0 heterocycles. The quantitative estimate of drug-likeness (QED) is 0.356. The first-order valence-electron chi connectivity index (χ1n) is 10.7. The van der Waals surface area contributed by atoms with E-state index < -0.39 is 64.0 Å². The van der Waals surface area contributed by atoms with Crippen LogP contribution in [0.2, 0.25) is 0 Å². The van der Waals surface area contributed by atoms with Gasteiger partial charge in [0.15, 0.2) is 11.4 Å². The van der Waals surface area contributed by atoms with Gasteiger partial charge >= 0.3 is 0 Å². The van der Waals surface area contributed by atoms with Crippen LogP contribution in [-0.2, 0) is 14.4 Å². The lowest BCUT2D eigenvalue weighted by Gasteiger charge is -2.50. The molecule has 2 aromatic rings. The zero-order chi connectivity index (χ0) is 24.5. The summed E-state index contributed by atoms with van der Waals surface area (Å²) in [7, 11) is 0. The van der Waals surface area contributed by atoms with E-state index in [9.17, 15) is 34.8 Å². The lowest BCUT2D eigenvalue weighted by molar-refractivity contribution is -0.149. The molecule has 0 spiro atoms. The monoisotopic (exact) mass is 462 g/mol. The minimum Gasteiger partial charge on any atom is -0.508 e. The van der Waals surface area contributed by atoms with E-state index >= 15 is 0 Å². The summed E-state index contributed by atoms with van der Waals surface area (Å²) in [6.45, 7) is 0. The standard InChI is InChI=1S/C25H22N2O7/c26-19-13-9-12-15(10-5-2-1-3-6-10)11-7-4-8-14(28)16(11)20(29)17(12)22(31)25(13,34)23(32)18(21(19)30)24(27)33/h1-8,12-13,15,19,28-29,32,34H,9,26H2,(H2,27,33)/t12-,13+,15-,19+,25+/m1/s1. The topological polar surface area (TPSA) is 184 Å². The third-order valence-electron chi connectivity index (χ3n) is 7.30. The number of fused-ring (bicyclic) bond motifs is 3. The molecule has 0 unspecified atom stereocenters. The summed E-state index contributed by atoms with van der Waals surface area (Å²) >= 11 is 0. The summed E-state index contributed by atoms with van der Waals surface area (Å²) in [6.07, 6.45) is -0.0701. The van der Waals surface area contributed by atoms with Crippen LogP contribution in [0.3, 0.4) is 0 Å². The number of ketones is 2. The van der Waals surface area contributed by atoms with Crippen LogP contribution in [0.25, 0.3) is 5.76 Å². The first kappa shape index (κ1) is 21.9. The molecule has 3 aliphatic carbocycles. The van der Waals surface area contributed by atoms with Crippen molar-refractivity contribution in [3.05, 3.63) is 82.1 Å². The van der Waals surface area contributed by atoms with Gasteiger partial charge in [-0.25, -0.2) is 0 Å². The third kappa shape index (κ3) is 2.65. The molecule has 0 saturated heterocycles. The van der Waals surface area contributed by atoms with Crippen molar-refractivity contribution in [2.75, 3.05) is 0 Å². The van der Waals surface area contributed by atoms with Gasteiger partial charge in [0.25, 0.3) is 5.91 Å². The molecule has 174 valence electrons. The van der Waals surface area contributed by atoms with Crippen LogP contribution >= 0.6 is 0 Å². The number of nitrogens with two attached hydrogens (primary N) is 2. The highest BCUT2D eigenvalue weighted by Crippen LogP contribution is 2.56. The second-order valence-electron chi connectivity index (χ2n) is 8.91. The number of rotatable bonds is 2. The predicted molar refractivity (Wildman–Crippen MR) is 119 cm³/mol. The lowest BCUT2D eigenvalue weighted by atomic mass is 9.55. The Morgan fingerprint density at radius 1 is 1.00 bits per heavy atom. The summed E-state index contributed by atoms with van der Waals surface area (Å²) in [5, 5.41) is 43.9. The molecular weight excluding hydrogens is 440 g/mol. The number of phenolic OH excluding ortho intramolecular Hbond substituents is 1. The normalized spacial score (nSPS) is 30.5. The largest absolute Gasteiger partial charge is 0.508 e. The fraction of sp³-hybridized carbons (Fsp3) is 0.240. The van der Waals surface area contributed by atoms with Gasteiger partial charge in [-0.1, -0.05) is 42.5 Å². The zero-order valence-electron chi connectivity index (χ0n) is 17.8. The molecule has 1 saturated carbocycles. The van der Waals surface area contributed by atoms with Crippen LogP contribution in [0, 0.1) is 11.8 Å². The first-order chi connectivity index (χ1) is 16.1. The molecule has 5 rings (SSSR count). The molecule has 9 heteroatoms. The van der Waals surface area contributed by atoms with Gasteiger partial charge in [0.2, 0.25) is 5.78 Å². The number of hydrogen-bond donors (Lipinski definition) is 6. The van der Waals surface area contributed by atoms with Crippen molar-refractivity contribution in [2.24, 2.45) is 23.3 Å². The van der Waals surface area contributed by atoms with Crippen molar-refractivity contribution < 1.29 is 34.8 Å². The second-order valence-corrected chi connectivity index (χ2v) is 8.91. The van der Waals surface area contributed by atoms with Crippen LogP contribution < -0.4 is 11.5 Å². The molecule has 1 fully saturated rings. The van der Waals surface area contributed by atoms with E-state index in [-0.39, 0.29) is 23.3 Å². The summed E-state index contributed by atoms with van der Waals surface area (Å²) < 4.78 is 0. The van der Waals surface area contributed by atoms with E-state index in [0.717, 1.165) is 5.56 Å². The molecule has 1 amide bonds. The SMILES string of the molecule is NC(=O)C1=C(O)[C@@]2(O)C(=O)C3=C(O)c4c(O)cccc4[C@@H](c4ccccc4)[C@H]3C[C@H]2[C@H](N)C1=O. The van der Waals surface area contributed by atoms with E-state index in [1.54, 1.807) is 24.3 Å². The molecule has 9 nitrogen and oxygen atoms in total. The zero-order valence-corrected chi connectivity index (χ0v) is 17.8. The fourth-order valence-corrected chi connectivity index (χ4v) is 5.77. The molecular formula is C25H22N2O7. The number of aromatic hydroxyl groups is 1. The van der Waals surface area contributed by atoms with Crippen molar-refractivity contribution in [3.8, 4) is 5.75 Å². The number of primary amides is 1. The van der Waals surface area contributed by atoms with Crippen molar-refractivity contribution in [1.82, 2.24) is 0 Å². The highest BCUT2D eigenvalue weighted by molar-refractivity contribution is 6.24. The van der Waals surface area contributed by atoms with E-state index in [1.165, 1.54) is 6.07 Å². The highest BCUT2D eigenvalue weighted by atomic mass is 16.3. The Balaban J connectivity index is 1.80. The Morgan fingerprint density at radius 2 is 1.68 bits per heavy atom. The number of carbonyl (C=O) groups excluding carboxylic acids is 3. The number of amides is 1. The summed E-state index contributed by atoms with van der Waals surface area (Å²) in [5.74, 6) is -7.91. The van der Waals surface area contributed by atoms with Crippen molar-refractivity contribution in [2.45, 2.75) is 24.0 Å². The molecule has 2 aromatic carbocycles. The van der Waals surface area contributed by atoms with E-state index in [1.807, 2.05) is 18.2 Å². The Morgan fingerprint density at radius 3 is 2.32 bits per heavy atom. The third-order valence-corrected chi connectivity index (χ3v) is 7.30. The van der Waals surface area contributed by atoms with Gasteiger partial charge in [-0.15, -0.1) is 0 Å². The summed E-state index contributed by atoms with van der Waals surface area (Å²) in [5.41, 5.74) is 8.80. The maximum atomic E-state index is 13.8. The van der Waals surface area contributed by atoms with Crippen LogP contribution in [0.1, 0.15) is 29.0 Å². The number of hydrogen-bond acceptors (Lipinski definition) is 8. The van der Waals surface area contributed by atoms with Gasteiger partial charge in [-0.05, 0) is 23.6 Å². The highest BCUT2D eigenvalue weighted by Gasteiger charge is 2.64. The average Bonchev–Trinajstić information content (AvgIpc) is 2.80. The smallest absolute Gasteiger partial charge is 0.255 e. The second kappa shape index (κ2) is 7.28. The molecule has 0 aliphatic heterocycles. The number of aliphatic hydroxyl groups excluding tert-OH is 2. The molecule has 3 aliphatic rings. The molecule has 34 heavy (non-hydrogen) atoms. The van der Waals surface area contributed by atoms with Gasteiger partial charge in [-0.2, -0.15) is 0 Å². The molecule has 0 bridgehead atoms. The van der Waals surface area contributed by atoms with Gasteiger partial charge in [0.1, 0.15) is 22.8 Å². The Labute approximate surface area is 193 Å². The van der Waals surface area contributed by atoms with Crippen LogP contribution in [0.5, 0.6) is 5.75 Å². The number of benzene rings is 2. The van der Waals surface area contributed by atoms with E-state index in [2.05, 4.69) is 0 Å². The maximum Gasteiger partial charge on any atom is 0.255 e. The lowest BCUT2D eigenvalue weighted by Crippen LogP contribution is -2.65. The maximum absolute atomic E-state index is 13.8. The van der Waals surface area contributed by atoms with Crippen LogP contribution in [0.4, 0.5) is 0 Å². The Kier molecular flexibility index (Phi) is 4.68. The summed E-state index contributed by atoms with van der Waals surface area (Å²) in [6, 6.07) is 12.3. The number of aliphatic hydroxyl groups is 3. The number of Topliss-reactive ketones (excluding diaryl/α,β-unsaturated/α-hetero) is 2. The molecule has 5 atom stereocenters.